The van der Waals surface area contributed by atoms with E-state index < -0.39 is 0 Å². The van der Waals surface area contributed by atoms with Crippen LogP contribution in [0.3, 0.4) is 0 Å². The Morgan fingerprint density at radius 1 is 0.889 bits per heavy atom. The van der Waals surface area contributed by atoms with Crippen LogP contribution in [0.2, 0.25) is 0 Å². The summed E-state index contributed by atoms with van der Waals surface area (Å²) in [4.78, 5) is 0. The van der Waals surface area contributed by atoms with Gasteiger partial charge in [-0.25, -0.2) is 5.32 Å². The molecule has 18 heavy (non-hydrogen) atoms. The van der Waals surface area contributed by atoms with Crippen molar-refractivity contribution in [3.63, 3.8) is 0 Å². The van der Waals surface area contributed by atoms with Gasteiger partial charge in [-0.05, 0) is 37.2 Å². The smallest absolute Gasteiger partial charge is 0.0633 e. The van der Waals surface area contributed by atoms with Crippen LogP contribution in [0.25, 0.3) is 0 Å². The third-order valence-corrected chi connectivity index (χ3v) is 4.91. The van der Waals surface area contributed by atoms with Gasteiger partial charge in [0.2, 0.25) is 0 Å². The zero-order valence-electron chi connectivity index (χ0n) is 11.3. The van der Waals surface area contributed by atoms with Gasteiger partial charge in [-0.15, -0.1) is 0 Å². The van der Waals surface area contributed by atoms with Crippen LogP contribution in [0.5, 0.6) is 0 Å². The fourth-order valence-electron chi connectivity index (χ4n) is 3.99. The summed E-state index contributed by atoms with van der Waals surface area (Å²) in [5.74, 6) is 0.796. The second kappa shape index (κ2) is 5.44. The van der Waals surface area contributed by atoms with Crippen LogP contribution in [0.4, 0.5) is 0 Å². The maximum atomic E-state index is 5.10. The standard InChI is InChI=1S/C17H24N/c1-2-5-10-15(9-4-1)17(13-8-14-18-17)16-11-6-3-7-12-16/h3,6-7,11-12,15H,1-2,4-5,8-10,13-14H2. The molecule has 3 rings (SSSR count). The second-order valence-corrected chi connectivity index (χ2v) is 5.96. The fraction of sp³-hybridized carbons (Fsp3) is 0.647. The lowest BCUT2D eigenvalue weighted by atomic mass is 9.73. The Balaban J connectivity index is 1.90. The monoisotopic (exact) mass is 242 g/mol. The van der Waals surface area contributed by atoms with Crippen molar-refractivity contribution in [1.82, 2.24) is 5.32 Å². The molecule has 2 aliphatic rings. The molecular weight excluding hydrogens is 218 g/mol. The number of nitrogens with zero attached hydrogens (tertiary/aromatic N) is 1. The lowest BCUT2D eigenvalue weighted by molar-refractivity contribution is 0.210. The topological polar surface area (TPSA) is 14.1 Å². The Morgan fingerprint density at radius 3 is 2.22 bits per heavy atom. The Morgan fingerprint density at radius 2 is 1.61 bits per heavy atom. The normalized spacial score (nSPS) is 30.2. The summed E-state index contributed by atoms with van der Waals surface area (Å²) in [5, 5.41) is 5.10. The SMILES string of the molecule is c1ccc(C2(C3CCCCCC3)CCC[N]2)cc1. The van der Waals surface area contributed by atoms with Crippen LogP contribution in [-0.2, 0) is 5.54 Å². The first-order valence-electron chi connectivity index (χ1n) is 7.66. The quantitative estimate of drug-likeness (QED) is 0.688. The zero-order valence-corrected chi connectivity index (χ0v) is 11.3. The van der Waals surface area contributed by atoms with Gasteiger partial charge in [-0.3, -0.25) is 0 Å². The van der Waals surface area contributed by atoms with Gasteiger partial charge in [0.15, 0.2) is 0 Å². The molecule has 1 heteroatoms. The van der Waals surface area contributed by atoms with E-state index in [2.05, 4.69) is 30.3 Å². The first-order chi connectivity index (χ1) is 8.92. The van der Waals surface area contributed by atoms with Crippen molar-refractivity contribution in [2.75, 3.05) is 6.54 Å². The summed E-state index contributed by atoms with van der Waals surface area (Å²) >= 11 is 0. The van der Waals surface area contributed by atoms with Crippen LogP contribution in [0.1, 0.15) is 56.9 Å². The molecule has 1 saturated heterocycles. The number of hydrogen-bond acceptors (Lipinski definition) is 0. The van der Waals surface area contributed by atoms with Gasteiger partial charge < -0.3 is 0 Å². The van der Waals surface area contributed by atoms with Crippen molar-refractivity contribution in [2.24, 2.45) is 5.92 Å². The molecule has 0 bridgehead atoms. The summed E-state index contributed by atoms with van der Waals surface area (Å²) in [6, 6.07) is 11.1. The number of hydrogen-bond donors (Lipinski definition) is 0. The van der Waals surface area contributed by atoms with Gasteiger partial charge >= 0.3 is 0 Å². The highest BCUT2D eigenvalue weighted by molar-refractivity contribution is 5.27. The largest absolute Gasteiger partial charge is 0.230 e. The van der Waals surface area contributed by atoms with E-state index in [0.717, 1.165) is 12.5 Å². The summed E-state index contributed by atoms with van der Waals surface area (Å²) in [6.07, 6.45) is 11.0. The van der Waals surface area contributed by atoms with Crippen molar-refractivity contribution in [3.05, 3.63) is 35.9 Å². The molecular formula is C17H24N. The van der Waals surface area contributed by atoms with E-state index in [1.165, 1.54) is 56.9 Å². The Bertz CT molecular complexity index is 356. The van der Waals surface area contributed by atoms with E-state index in [9.17, 15) is 0 Å². The zero-order chi connectivity index (χ0) is 12.3. The molecule has 1 heterocycles. The molecule has 1 unspecified atom stereocenters. The molecule has 0 aromatic heterocycles. The Labute approximate surface area is 111 Å². The van der Waals surface area contributed by atoms with Crippen molar-refractivity contribution in [1.29, 1.82) is 0 Å². The molecule has 1 aromatic carbocycles. The van der Waals surface area contributed by atoms with Crippen LogP contribution in [0.15, 0.2) is 30.3 Å². The predicted octanol–water partition coefficient (Wildman–Crippen LogP) is 4.25. The van der Waals surface area contributed by atoms with Crippen molar-refractivity contribution in [3.8, 4) is 0 Å². The molecule has 97 valence electrons. The average molecular weight is 242 g/mol. The van der Waals surface area contributed by atoms with E-state index in [1.807, 2.05) is 0 Å². The molecule has 2 fully saturated rings. The van der Waals surface area contributed by atoms with Gasteiger partial charge in [0.05, 0.1) is 5.54 Å². The maximum absolute atomic E-state index is 5.10. The minimum absolute atomic E-state index is 0.172. The Hall–Kier alpha value is -0.820. The third kappa shape index (κ3) is 2.21. The van der Waals surface area contributed by atoms with Crippen LogP contribution in [0, 0.1) is 5.92 Å². The second-order valence-electron chi connectivity index (χ2n) is 5.96. The average Bonchev–Trinajstić information content (AvgIpc) is 2.77. The van der Waals surface area contributed by atoms with Crippen molar-refractivity contribution >= 4 is 0 Å². The molecule has 1 aliphatic heterocycles. The van der Waals surface area contributed by atoms with Gasteiger partial charge in [0.1, 0.15) is 0 Å². The van der Waals surface area contributed by atoms with Gasteiger partial charge in [-0.1, -0.05) is 56.0 Å². The minimum atomic E-state index is 0.172. The van der Waals surface area contributed by atoms with E-state index in [-0.39, 0.29) is 5.54 Å². The maximum Gasteiger partial charge on any atom is 0.0633 e. The van der Waals surface area contributed by atoms with Crippen molar-refractivity contribution in [2.45, 2.75) is 56.9 Å². The molecule has 0 spiro atoms. The lowest BCUT2D eigenvalue weighted by Gasteiger charge is -2.37. The van der Waals surface area contributed by atoms with Gasteiger partial charge in [-0.2, -0.15) is 0 Å². The summed E-state index contributed by atoms with van der Waals surface area (Å²) < 4.78 is 0. The van der Waals surface area contributed by atoms with E-state index in [0.29, 0.717) is 0 Å². The van der Waals surface area contributed by atoms with Gasteiger partial charge in [0, 0.05) is 6.54 Å². The first kappa shape index (κ1) is 12.2. The van der Waals surface area contributed by atoms with Gasteiger partial charge in [0.25, 0.3) is 0 Å². The summed E-state index contributed by atoms with van der Waals surface area (Å²) in [5.41, 5.74) is 1.65. The third-order valence-electron chi connectivity index (χ3n) is 4.91. The number of rotatable bonds is 2. The summed E-state index contributed by atoms with van der Waals surface area (Å²) in [6.45, 7) is 1.07. The molecule has 0 N–H and O–H groups in total. The van der Waals surface area contributed by atoms with E-state index >= 15 is 0 Å². The van der Waals surface area contributed by atoms with E-state index in [1.54, 1.807) is 0 Å². The Kier molecular flexibility index (Phi) is 3.69. The number of benzene rings is 1. The molecule has 1 radical (unpaired) electrons. The molecule has 0 amide bonds. The molecule has 1 aliphatic carbocycles. The van der Waals surface area contributed by atoms with Crippen LogP contribution in [-0.4, -0.2) is 6.54 Å². The van der Waals surface area contributed by atoms with Crippen molar-refractivity contribution < 1.29 is 0 Å². The first-order valence-corrected chi connectivity index (χ1v) is 7.66. The molecule has 1 atom stereocenters. The van der Waals surface area contributed by atoms with E-state index in [4.69, 9.17) is 5.32 Å². The highest BCUT2D eigenvalue weighted by Gasteiger charge is 2.43. The summed E-state index contributed by atoms with van der Waals surface area (Å²) in [7, 11) is 0. The lowest BCUT2D eigenvalue weighted by Crippen LogP contribution is -2.39. The van der Waals surface area contributed by atoms with Crippen LogP contribution >= 0.6 is 0 Å². The predicted molar refractivity (Wildman–Crippen MR) is 75.5 cm³/mol. The minimum Gasteiger partial charge on any atom is -0.230 e. The molecule has 1 aromatic rings. The molecule has 1 saturated carbocycles. The van der Waals surface area contributed by atoms with Crippen LogP contribution < -0.4 is 5.32 Å². The fourth-order valence-corrected chi connectivity index (χ4v) is 3.99. The highest BCUT2D eigenvalue weighted by Crippen LogP contribution is 2.44. The molecule has 1 nitrogen and oxygen atoms in total. The highest BCUT2D eigenvalue weighted by atomic mass is 15.0.